The van der Waals surface area contributed by atoms with E-state index in [-0.39, 0.29) is 23.1 Å². The molecule has 2 aromatic carbocycles. The number of aromatic hydroxyl groups is 1. The highest BCUT2D eigenvalue weighted by Gasteiger charge is 2.11. The summed E-state index contributed by atoms with van der Waals surface area (Å²) in [7, 11) is 0. The van der Waals surface area contributed by atoms with Gasteiger partial charge in [0.25, 0.3) is 0 Å². The van der Waals surface area contributed by atoms with Gasteiger partial charge < -0.3 is 5.11 Å². The van der Waals surface area contributed by atoms with Gasteiger partial charge in [-0.05, 0) is 24.6 Å². The van der Waals surface area contributed by atoms with Gasteiger partial charge >= 0.3 is 0 Å². The Hall–Kier alpha value is -2.04. The van der Waals surface area contributed by atoms with Crippen LogP contribution in [0.25, 0.3) is 0 Å². The van der Waals surface area contributed by atoms with Crippen LogP contribution in [-0.2, 0) is 11.2 Å². The van der Waals surface area contributed by atoms with Crippen LogP contribution in [0.3, 0.4) is 0 Å². The zero-order chi connectivity index (χ0) is 16.1. The normalized spacial score (nSPS) is 11.3. The number of hydrogen-bond donors (Lipinski definition) is 2. The molecule has 0 aliphatic carbocycles. The Morgan fingerprint density at radius 2 is 1.91 bits per heavy atom. The lowest BCUT2D eigenvalue weighted by atomic mass is 10.1. The van der Waals surface area contributed by atoms with Crippen LogP contribution in [0.5, 0.6) is 5.75 Å². The van der Waals surface area contributed by atoms with Crippen LogP contribution >= 0.6 is 23.2 Å². The third-order valence-corrected chi connectivity index (χ3v) is 3.48. The van der Waals surface area contributed by atoms with E-state index in [4.69, 9.17) is 23.2 Å². The minimum atomic E-state index is -0.252. The van der Waals surface area contributed by atoms with Crippen LogP contribution in [0.2, 0.25) is 10.0 Å². The fraction of sp³-hybridized carbons (Fsp3) is 0.125. The molecule has 0 unspecified atom stereocenters. The Labute approximate surface area is 138 Å². The molecule has 0 saturated carbocycles. The first-order chi connectivity index (χ1) is 10.5. The molecule has 0 aliphatic heterocycles. The van der Waals surface area contributed by atoms with Crippen molar-refractivity contribution in [3.8, 4) is 5.75 Å². The Bertz CT molecular complexity index is 716. The first-order valence-corrected chi connectivity index (χ1v) is 7.28. The number of carbonyl (C=O) groups excluding carboxylic acids is 1. The average molecular weight is 337 g/mol. The molecule has 0 spiro atoms. The van der Waals surface area contributed by atoms with Gasteiger partial charge in [0, 0.05) is 10.6 Å². The van der Waals surface area contributed by atoms with Crippen molar-refractivity contribution in [2.75, 3.05) is 0 Å². The molecule has 2 N–H and O–H groups in total. The summed E-state index contributed by atoms with van der Waals surface area (Å²) in [6.07, 6.45) is 0.222. The van der Waals surface area contributed by atoms with E-state index in [0.29, 0.717) is 16.3 Å². The van der Waals surface area contributed by atoms with E-state index in [1.54, 1.807) is 6.92 Å². The van der Waals surface area contributed by atoms with Crippen LogP contribution in [0.15, 0.2) is 47.6 Å². The van der Waals surface area contributed by atoms with Crippen molar-refractivity contribution in [1.82, 2.24) is 5.43 Å². The fourth-order valence-electron chi connectivity index (χ4n) is 1.87. The van der Waals surface area contributed by atoms with Gasteiger partial charge in [-0.15, -0.1) is 0 Å². The van der Waals surface area contributed by atoms with Crippen molar-refractivity contribution in [3.05, 3.63) is 63.6 Å². The monoisotopic (exact) mass is 336 g/mol. The van der Waals surface area contributed by atoms with E-state index < -0.39 is 0 Å². The van der Waals surface area contributed by atoms with Crippen molar-refractivity contribution < 1.29 is 9.90 Å². The van der Waals surface area contributed by atoms with Crippen molar-refractivity contribution >= 4 is 34.8 Å². The molecule has 0 aromatic heterocycles. The third-order valence-electron chi connectivity index (χ3n) is 2.97. The molecule has 2 rings (SSSR count). The number of benzene rings is 2. The topological polar surface area (TPSA) is 61.7 Å². The summed E-state index contributed by atoms with van der Waals surface area (Å²) >= 11 is 11.8. The van der Waals surface area contributed by atoms with Gasteiger partial charge in [-0.3, -0.25) is 4.79 Å². The predicted molar refractivity (Wildman–Crippen MR) is 88.6 cm³/mol. The SMILES string of the molecule is CC(=NNC(=O)Cc1ccccc1)c1cc(Cl)cc(Cl)c1O. The number of amides is 1. The van der Waals surface area contributed by atoms with Crippen molar-refractivity contribution in [1.29, 1.82) is 0 Å². The van der Waals surface area contributed by atoms with E-state index in [1.165, 1.54) is 12.1 Å². The largest absolute Gasteiger partial charge is 0.506 e. The molecule has 114 valence electrons. The molecule has 0 saturated heterocycles. The Morgan fingerprint density at radius 1 is 1.23 bits per heavy atom. The number of nitrogens with one attached hydrogen (secondary N) is 1. The van der Waals surface area contributed by atoms with E-state index in [0.717, 1.165) is 5.56 Å². The molecule has 0 radical (unpaired) electrons. The minimum absolute atomic E-state index is 0.121. The highest BCUT2D eigenvalue weighted by atomic mass is 35.5. The third kappa shape index (κ3) is 4.23. The van der Waals surface area contributed by atoms with Gasteiger partial charge in [-0.2, -0.15) is 5.10 Å². The lowest BCUT2D eigenvalue weighted by molar-refractivity contribution is -0.120. The molecular formula is C16H14Cl2N2O2. The van der Waals surface area contributed by atoms with E-state index in [2.05, 4.69) is 10.5 Å². The second kappa shape index (κ2) is 7.29. The van der Waals surface area contributed by atoms with Gasteiger partial charge in [0.05, 0.1) is 17.2 Å². The summed E-state index contributed by atoms with van der Waals surface area (Å²) < 4.78 is 0. The highest BCUT2D eigenvalue weighted by Crippen LogP contribution is 2.31. The number of phenolic OH excluding ortho intramolecular Hbond substituents is 1. The average Bonchev–Trinajstić information content (AvgIpc) is 2.49. The first-order valence-electron chi connectivity index (χ1n) is 6.53. The second-order valence-electron chi connectivity index (χ2n) is 4.68. The van der Waals surface area contributed by atoms with Crippen molar-refractivity contribution in [2.45, 2.75) is 13.3 Å². The molecule has 0 aliphatic rings. The van der Waals surface area contributed by atoms with Gasteiger partial charge in [0.15, 0.2) is 0 Å². The van der Waals surface area contributed by atoms with Gasteiger partial charge in [-0.1, -0.05) is 53.5 Å². The number of halogens is 2. The molecule has 2 aromatic rings. The van der Waals surface area contributed by atoms with Gasteiger partial charge in [0.1, 0.15) is 5.75 Å². The summed E-state index contributed by atoms with van der Waals surface area (Å²) in [4.78, 5) is 11.8. The Morgan fingerprint density at radius 3 is 2.59 bits per heavy atom. The molecule has 6 heteroatoms. The molecular weight excluding hydrogens is 323 g/mol. The minimum Gasteiger partial charge on any atom is -0.506 e. The molecule has 22 heavy (non-hydrogen) atoms. The summed E-state index contributed by atoms with van der Waals surface area (Å²) in [5.74, 6) is -0.372. The number of hydrazone groups is 1. The quantitative estimate of drug-likeness (QED) is 0.659. The van der Waals surface area contributed by atoms with Crippen molar-refractivity contribution in [3.63, 3.8) is 0 Å². The molecule has 0 bridgehead atoms. The first kappa shape index (κ1) is 16.3. The molecule has 0 fully saturated rings. The zero-order valence-electron chi connectivity index (χ0n) is 11.8. The van der Waals surface area contributed by atoms with Crippen molar-refractivity contribution in [2.24, 2.45) is 5.10 Å². The van der Waals surface area contributed by atoms with Crippen LogP contribution in [0.1, 0.15) is 18.1 Å². The smallest absolute Gasteiger partial charge is 0.244 e. The lowest BCUT2D eigenvalue weighted by Gasteiger charge is -2.07. The van der Waals surface area contributed by atoms with E-state index >= 15 is 0 Å². The number of carbonyl (C=O) groups is 1. The van der Waals surface area contributed by atoms with Gasteiger partial charge in [-0.25, -0.2) is 5.43 Å². The maximum atomic E-state index is 11.8. The molecule has 1 amide bonds. The number of rotatable bonds is 4. The van der Waals surface area contributed by atoms with E-state index in [9.17, 15) is 9.90 Å². The molecule has 0 heterocycles. The number of phenols is 1. The van der Waals surface area contributed by atoms with E-state index in [1.807, 2.05) is 30.3 Å². The summed E-state index contributed by atoms with van der Waals surface area (Å²) in [6.45, 7) is 1.64. The maximum absolute atomic E-state index is 11.8. The lowest BCUT2D eigenvalue weighted by Crippen LogP contribution is -2.21. The standard InChI is InChI=1S/C16H14Cl2N2O2/c1-10(13-8-12(17)9-14(18)16(13)22)19-20-15(21)7-11-5-3-2-4-6-11/h2-6,8-9,22H,7H2,1H3,(H,20,21). The summed E-state index contributed by atoms with van der Waals surface area (Å²) in [5.41, 5.74) is 4.12. The fourth-order valence-corrected chi connectivity index (χ4v) is 2.36. The van der Waals surface area contributed by atoms with Gasteiger partial charge in [0.2, 0.25) is 5.91 Å². The predicted octanol–water partition coefficient (Wildman–Crippen LogP) is 3.78. The molecule has 4 nitrogen and oxygen atoms in total. The Kier molecular flexibility index (Phi) is 5.41. The summed E-state index contributed by atoms with van der Waals surface area (Å²) in [6, 6.07) is 12.3. The zero-order valence-corrected chi connectivity index (χ0v) is 13.3. The highest BCUT2D eigenvalue weighted by molar-refractivity contribution is 6.36. The van der Waals surface area contributed by atoms with Crippen LogP contribution in [-0.4, -0.2) is 16.7 Å². The van der Waals surface area contributed by atoms with Crippen LogP contribution < -0.4 is 5.43 Å². The Balaban J connectivity index is 2.08. The summed E-state index contributed by atoms with van der Waals surface area (Å²) in [5, 5.41) is 14.4. The second-order valence-corrected chi connectivity index (χ2v) is 5.52. The number of hydrogen-bond acceptors (Lipinski definition) is 3. The number of nitrogens with zero attached hydrogens (tertiary/aromatic N) is 1. The van der Waals surface area contributed by atoms with Crippen LogP contribution in [0, 0.1) is 0 Å². The maximum Gasteiger partial charge on any atom is 0.244 e. The molecule has 0 atom stereocenters. The van der Waals surface area contributed by atoms with Crippen LogP contribution in [0.4, 0.5) is 0 Å².